The highest BCUT2D eigenvalue weighted by Gasteiger charge is 2.07. The molecule has 1 aromatic heterocycles. The Morgan fingerprint density at radius 1 is 1.47 bits per heavy atom. The first-order valence-electron chi connectivity index (χ1n) is 4.48. The van der Waals surface area contributed by atoms with Crippen molar-refractivity contribution < 1.29 is 9.18 Å². The van der Waals surface area contributed by atoms with Gasteiger partial charge in [0.2, 0.25) is 5.91 Å². The van der Waals surface area contributed by atoms with Gasteiger partial charge in [0.1, 0.15) is 5.82 Å². The quantitative estimate of drug-likeness (QED) is 0.803. The zero-order valence-electron chi connectivity index (χ0n) is 7.90. The van der Waals surface area contributed by atoms with Crippen molar-refractivity contribution >= 4 is 16.8 Å². The number of benzene rings is 1. The fourth-order valence-electron chi connectivity index (χ4n) is 1.55. The molecule has 1 aromatic carbocycles. The fourth-order valence-corrected chi connectivity index (χ4v) is 1.55. The van der Waals surface area contributed by atoms with Gasteiger partial charge in [0.25, 0.3) is 0 Å². The molecule has 0 saturated heterocycles. The van der Waals surface area contributed by atoms with Gasteiger partial charge in [-0.25, -0.2) is 4.39 Å². The molecule has 0 bridgehead atoms. The third-order valence-corrected chi connectivity index (χ3v) is 2.11. The number of primary amides is 1. The summed E-state index contributed by atoms with van der Waals surface area (Å²) >= 11 is 0. The molecule has 2 aromatic rings. The number of hydrogen-bond donors (Lipinski definition) is 1. The summed E-state index contributed by atoms with van der Waals surface area (Å²) in [6.07, 6.45) is 1.61. The summed E-state index contributed by atoms with van der Waals surface area (Å²) < 4.78 is 13.2. The summed E-state index contributed by atoms with van der Waals surface area (Å²) in [6, 6.07) is 6.14. The SMILES string of the molecule is NC(=O)Cc1cc(F)cc2cccnc12. The zero-order chi connectivity index (χ0) is 10.8. The minimum absolute atomic E-state index is 0.00523. The number of carbonyl (C=O) groups is 1. The molecule has 76 valence electrons. The van der Waals surface area contributed by atoms with Crippen molar-refractivity contribution in [2.75, 3.05) is 0 Å². The lowest BCUT2D eigenvalue weighted by atomic mass is 10.1. The van der Waals surface area contributed by atoms with Gasteiger partial charge in [-0.15, -0.1) is 0 Å². The van der Waals surface area contributed by atoms with E-state index in [2.05, 4.69) is 4.98 Å². The lowest BCUT2D eigenvalue weighted by Crippen LogP contribution is -2.14. The van der Waals surface area contributed by atoms with Crippen LogP contribution in [0.5, 0.6) is 0 Å². The first-order chi connectivity index (χ1) is 7.16. The molecule has 2 N–H and O–H groups in total. The van der Waals surface area contributed by atoms with Gasteiger partial charge in [-0.3, -0.25) is 9.78 Å². The number of hydrogen-bond acceptors (Lipinski definition) is 2. The molecule has 0 aliphatic heterocycles. The zero-order valence-corrected chi connectivity index (χ0v) is 7.90. The Morgan fingerprint density at radius 3 is 3.00 bits per heavy atom. The van der Waals surface area contributed by atoms with E-state index in [1.807, 2.05) is 0 Å². The van der Waals surface area contributed by atoms with Crippen LogP contribution in [0.4, 0.5) is 4.39 Å². The van der Waals surface area contributed by atoms with Crippen LogP contribution in [-0.4, -0.2) is 10.9 Å². The molecular weight excluding hydrogens is 195 g/mol. The number of nitrogens with zero attached hydrogens (tertiary/aromatic N) is 1. The van der Waals surface area contributed by atoms with Crippen LogP contribution in [0.3, 0.4) is 0 Å². The number of aromatic nitrogens is 1. The molecule has 0 spiro atoms. The van der Waals surface area contributed by atoms with E-state index >= 15 is 0 Å². The number of carbonyl (C=O) groups excluding carboxylic acids is 1. The molecule has 0 unspecified atom stereocenters. The third-order valence-electron chi connectivity index (χ3n) is 2.11. The van der Waals surface area contributed by atoms with Crippen LogP contribution in [0, 0.1) is 5.82 Å². The Kier molecular flexibility index (Phi) is 2.33. The molecule has 1 amide bonds. The number of fused-ring (bicyclic) bond motifs is 1. The highest BCUT2D eigenvalue weighted by molar-refractivity contribution is 5.87. The molecule has 3 nitrogen and oxygen atoms in total. The summed E-state index contributed by atoms with van der Waals surface area (Å²) in [5, 5.41) is 0.675. The Bertz CT molecular complexity index is 525. The van der Waals surface area contributed by atoms with E-state index in [0.717, 1.165) is 0 Å². The monoisotopic (exact) mass is 204 g/mol. The van der Waals surface area contributed by atoms with Gasteiger partial charge in [0, 0.05) is 11.6 Å². The molecular formula is C11H9FN2O. The second-order valence-corrected chi connectivity index (χ2v) is 3.28. The molecule has 0 aliphatic rings. The molecule has 0 saturated carbocycles. The molecule has 0 radical (unpaired) electrons. The number of halogens is 1. The van der Waals surface area contributed by atoms with Crippen LogP contribution < -0.4 is 5.73 Å². The summed E-state index contributed by atoms with van der Waals surface area (Å²) in [7, 11) is 0. The first kappa shape index (κ1) is 9.58. The second-order valence-electron chi connectivity index (χ2n) is 3.28. The average Bonchev–Trinajstić information content (AvgIpc) is 2.16. The van der Waals surface area contributed by atoms with E-state index in [0.29, 0.717) is 16.5 Å². The number of amides is 1. The van der Waals surface area contributed by atoms with Crippen molar-refractivity contribution in [3.63, 3.8) is 0 Å². The van der Waals surface area contributed by atoms with E-state index < -0.39 is 5.91 Å². The fraction of sp³-hybridized carbons (Fsp3) is 0.0909. The van der Waals surface area contributed by atoms with Crippen molar-refractivity contribution in [2.45, 2.75) is 6.42 Å². The van der Waals surface area contributed by atoms with Gasteiger partial charge in [0.15, 0.2) is 0 Å². The van der Waals surface area contributed by atoms with Crippen molar-refractivity contribution in [1.29, 1.82) is 0 Å². The molecule has 0 atom stereocenters. The maximum absolute atomic E-state index is 13.2. The predicted octanol–water partition coefficient (Wildman–Crippen LogP) is 1.40. The smallest absolute Gasteiger partial charge is 0.221 e. The maximum atomic E-state index is 13.2. The minimum Gasteiger partial charge on any atom is -0.369 e. The predicted molar refractivity (Wildman–Crippen MR) is 54.6 cm³/mol. The van der Waals surface area contributed by atoms with Crippen LogP contribution in [0.25, 0.3) is 10.9 Å². The Hall–Kier alpha value is -1.97. The van der Waals surface area contributed by atoms with Gasteiger partial charge in [-0.05, 0) is 23.8 Å². The largest absolute Gasteiger partial charge is 0.369 e. The Labute approximate surface area is 85.7 Å². The Morgan fingerprint density at radius 2 is 2.27 bits per heavy atom. The average molecular weight is 204 g/mol. The first-order valence-corrected chi connectivity index (χ1v) is 4.48. The second kappa shape index (κ2) is 3.65. The lowest BCUT2D eigenvalue weighted by molar-refractivity contribution is -0.117. The Balaban J connectivity index is 2.65. The normalized spacial score (nSPS) is 10.5. The van der Waals surface area contributed by atoms with Gasteiger partial charge in [0.05, 0.1) is 11.9 Å². The molecule has 0 fully saturated rings. The van der Waals surface area contributed by atoms with E-state index in [4.69, 9.17) is 5.73 Å². The van der Waals surface area contributed by atoms with Crippen LogP contribution in [0.1, 0.15) is 5.56 Å². The van der Waals surface area contributed by atoms with Gasteiger partial charge in [-0.2, -0.15) is 0 Å². The lowest BCUT2D eigenvalue weighted by Gasteiger charge is -2.03. The number of pyridine rings is 1. The van der Waals surface area contributed by atoms with Crippen molar-refractivity contribution in [3.05, 3.63) is 41.8 Å². The standard InChI is InChI=1S/C11H9FN2O/c12-9-4-7-2-1-3-14-11(7)8(5-9)6-10(13)15/h1-5H,6H2,(H2,13,15). The maximum Gasteiger partial charge on any atom is 0.221 e. The van der Waals surface area contributed by atoms with E-state index in [1.54, 1.807) is 18.3 Å². The van der Waals surface area contributed by atoms with Crippen molar-refractivity contribution in [3.8, 4) is 0 Å². The van der Waals surface area contributed by atoms with Crippen molar-refractivity contribution in [2.24, 2.45) is 5.73 Å². The van der Waals surface area contributed by atoms with E-state index in [9.17, 15) is 9.18 Å². The van der Waals surface area contributed by atoms with Crippen LogP contribution in [0.15, 0.2) is 30.5 Å². The third kappa shape index (κ3) is 1.93. The highest BCUT2D eigenvalue weighted by Crippen LogP contribution is 2.18. The summed E-state index contributed by atoms with van der Waals surface area (Å²) in [6.45, 7) is 0. The number of nitrogens with two attached hydrogens (primary N) is 1. The molecule has 2 rings (SSSR count). The minimum atomic E-state index is -0.493. The van der Waals surface area contributed by atoms with Gasteiger partial charge < -0.3 is 5.73 Å². The van der Waals surface area contributed by atoms with Gasteiger partial charge in [-0.1, -0.05) is 6.07 Å². The van der Waals surface area contributed by atoms with E-state index in [-0.39, 0.29) is 12.2 Å². The molecule has 1 heterocycles. The van der Waals surface area contributed by atoms with Crippen molar-refractivity contribution in [1.82, 2.24) is 4.98 Å². The number of rotatable bonds is 2. The molecule has 4 heteroatoms. The summed E-state index contributed by atoms with van der Waals surface area (Å²) in [4.78, 5) is 14.9. The van der Waals surface area contributed by atoms with Crippen LogP contribution in [0.2, 0.25) is 0 Å². The highest BCUT2D eigenvalue weighted by atomic mass is 19.1. The molecule has 15 heavy (non-hydrogen) atoms. The summed E-state index contributed by atoms with van der Waals surface area (Å²) in [5.41, 5.74) is 6.23. The van der Waals surface area contributed by atoms with Crippen LogP contribution >= 0.6 is 0 Å². The summed E-state index contributed by atoms with van der Waals surface area (Å²) in [5.74, 6) is -0.876. The van der Waals surface area contributed by atoms with Gasteiger partial charge >= 0.3 is 0 Å². The van der Waals surface area contributed by atoms with Crippen LogP contribution in [-0.2, 0) is 11.2 Å². The topological polar surface area (TPSA) is 56.0 Å². The molecule has 0 aliphatic carbocycles. The van der Waals surface area contributed by atoms with E-state index in [1.165, 1.54) is 12.1 Å².